The van der Waals surface area contributed by atoms with Gasteiger partial charge in [-0.3, -0.25) is 0 Å². The van der Waals surface area contributed by atoms with Crippen molar-refractivity contribution in [1.29, 1.82) is 0 Å². The predicted octanol–water partition coefficient (Wildman–Crippen LogP) is -11.1. The number of hydrogen-bond acceptors (Lipinski definition) is 30. The van der Waals surface area contributed by atoms with Crippen LogP contribution in [-0.4, -0.2) is 325 Å². The van der Waals surface area contributed by atoms with Crippen LogP contribution in [0.25, 0.3) is 0 Å². The van der Waals surface area contributed by atoms with Crippen LogP contribution in [0, 0.1) is 0 Å². The first kappa shape index (κ1) is 59.7. The SMILES string of the molecule is C.COC1C(CO)OC(OC2C(CO)OC(OCC3OC(OC4C(CO)O[C@H](C)C(O)C4O)C(O)C(O)C3OC3OC(CO)C(OC4OC(CO)C(OC)C(O)C4O)C(O)C3O)C(O)C2O)C(O)C1O. The molecule has 6 saturated heterocycles. The van der Waals surface area contributed by atoms with Crippen LogP contribution in [0.3, 0.4) is 0 Å². The normalized spacial score (nSPS) is 51.4. The van der Waals surface area contributed by atoms with Crippen molar-refractivity contribution in [2.45, 2.75) is 198 Å². The molecular weight excluding hydrogens is 960 g/mol. The summed E-state index contributed by atoms with van der Waals surface area (Å²) in [6.07, 6.45) is -51.6. The molecule has 0 bridgehead atoms. The summed E-state index contributed by atoms with van der Waals surface area (Å²) in [4.78, 5) is 0. The summed E-state index contributed by atoms with van der Waals surface area (Å²) in [7, 11) is 2.38. The molecule has 0 aromatic rings. The third kappa shape index (κ3) is 12.2. The Morgan fingerprint density at radius 3 is 0.886 bits per heavy atom. The molecule has 30 nitrogen and oxygen atoms in total. The van der Waals surface area contributed by atoms with Gasteiger partial charge in [-0.2, -0.15) is 0 Å². The number of aliphatic hydroxyl groups excluding tert-OH is 17. The minimum Gasteiger partial charge on any atom is -0.394 e. The van der Waals surface area contributed by atoms with Gasteiger partial charge in [-0.1, -0.05) is 7.43 Å². The fraction of sp³-hybridized carbons (Fsp3) is 1.00. The van der Waals surface area contributed by atoms with E-state index in [2.05, 4.69) is 0 Å². The van der Waals surface area contributed by atoms with E-state index in [4.69, 9.17) is 61.6 Å². The van der Waals surface area contributed by atoms with Crippen LogP contribution in [0.4, 0.5) is 0 Å². The second-order valence-corrected chi connectivity index (χ2v) is 17.5. The molecule has 0 spiro atoms. The van der Waals surface area contributed by atoms with Gasteiger partial charge in [0.05, 0.1) is 45.7 Å². The summed E-state index contributed by atoms with van der Waals surface area (Å²) in [5, 5.41) is 182. The predicted molar refractivity (Wildman–Crippen MR) is 219 cm³/mol. The minimum atomic E-state index is -2.16. The molecule has 30 atom stereocenters. The lowest BCUT2D eigenvalue weighted by molar-refractivity contribution is -0.390. The van der Waals surface area contributed by atoms with Crippen molar-refractivity contribution in [1.82, 2.24) is 0 Å². The van der Waals surface area contributed by atoms with Gasteiger partial charge in [-0.15, -0.1) is 0 Å². The van der Waals surface area contributed by atoms with E-state index in [-0.39, 0.29) is 7.43 Å². The Morgan fingerprint density at radius 1 is 0.314 bits per heavy atom. The molecule has 17 N–H and O–H groups in total. The third-order valence-corrected chi connectivity index (χ3v) is 13.2. The smallest absolute Gasteiger partial charge is 0.187 e. The Labute approximate surface area is 400 Å². The largest absolute Gasteiger partial charge is 0.394 e. The Balaban J connectivity index is 0.00000913. The maximum Gasteiger partial charge on any atom is 0.187 e. The Bertz CT molecular complexity index is 1530. The van der Waals surface area contributed by atoms with Gasteiger partial charge in [0.15, 0.2) is 31.5 Å². The molecule has 6 heterocycles. The molecule has 6 aliphatic heterocycles. The van der Waals surface area contributed by atoms with E-state index in [0.29, 0.717) is 0 Å². The molecule has 70 heavy (non-hydrogen) atoms. The second kappa shape index (κ2) is 26.0. The van der Waals surface area contributed by atoms with Gasteiger partial charge in [0.1, 0.15) is 146 Å². The number of ether oxygens (including phenoxy) is 13. The maximum atomic E-state index is 11.6. The van der Waals surface area contributed by atoms with Gasteiger partial charge in [0.25, 0.3) is 0 Å². The van der Waals surface area contributed by atoms with Gasteiger partial charge in [-0.25, -0.2) is 0 Å². The van der Waals surface area contributed by atoms with Crippen LogP contribution in [-0.2, 0) is 61.6 Å². The van der Waals surface area contributed by atoms with Crippen molar-refractivity contribution in [2.24, 2.45) is 0 Å². The number of hydrogen-bond donors (Lipinski definition) is 17. The number of methoxy groups -OCH3 is 2. The average Bonchev–Trinajstić information content (AvgIpc) is 3.34. The van der Waals surface area contributed by atoms with Crippen molar-refractivity contribution in [2.75, 3.05) is 53.9 Å². The van der Waals surface area contributed by atoms with E-state index in [1.807, 2.05) is 0 Å². The standard InChI is InChI=1S/C39H68O30.CH4/c1-10-17(45)18(46)31(13(6-42)60-10)66-39-28(56)23(51)34(69-38-27(55)22(50)33(15(8-44)64-38)68-37-26(54)20(48)30(58-3)12(5-41)63-37)16(65-39)9-59-35-24(52)21(49)32(14(7-43)61-35)67-36-25(53)19(47)29(57-2)11(4-40)62-36;/h10-56H,4-9H2,1-3H3;1H4/t10-,11?,12?,13?,14?,15?,16?,17?,18?,19?,20?,21?,22?,23?,24?,25?,26?,27?,28?,29?,30?,31?,32?,33?,34?,35?,36?,37?,38?,39?;/m1./s1. The highest BCUT2D eigenvalue weighted by molar-refractivity contribution is 5.00. The molecule has 0 aliphatic carbocycles. The van der Waals surface area contributed by atoms with Crippen LogP contribution in [0.5, 0.6) is 0 Å². The van der Waals surface area contributed by atoms with Crippen LogP contribution < -0.4 is 0 Å². The van der Waals surface area contributed by atoms with Crippen molar-refractivity contribution in [3.63, 3.8) is 0 Å². The molecule has 30 heteroatoms. The molecular formula is C40H72O30. The molecule has 0 aromatic carbocycles. The lowest BCUT2D eigenvalue weighted by Gasteiger charge is -2.49. The summed E-state index contributed by atoms with van der Waals surface area (Å²) in [5.41, 5.74) is 0. The highest BCUT2D eigenvalue weighted by atomic mass is 16.8. The van der Waals surface area contributed by atoms with Gasteiger partial charge >= 0.3 is 0 Å². The Kier molecular flexibility index (Phi) is 22.2. The van der Waals surface area contributed by atoms with Gasteiger partial charge in [0.2, 0.25) is 0 Å². The Hall–Kier alpha value is -1.20. The molecule has 6 rings (SSSR count). The molecule has 29 unspecified atom stereocenters. The molecule has 6 aliphatic rings. The van der Waals surface area contributed by atoms with Crippen LogP contribution in [0.2, 0.25) is 0 Å². The fourth-order valence-corrected chi connectivity index (χ4v) is 9.17. The molecule has 6 fully saturated rings. The summed E-state index contributed by atoms with van der Waals surface area (Å²) in [6, 6.07) is 0. The lowest BCUT2D eigenvalue weighted by Crippen LogP contribution is -2.68. The van der Waals surface area contributed by atoms with Crippen molar-refractivity contribution in [3.8, 4) is 0 Å². The molecule has 412 valence electrons. The van der Waals surface area contributed by atoms with E-state index in [0.717, 1.165) is 0 Å². The third-order valence-electron chi connectivity index (χ3n) is 13.2. The number of aliphatic hydroxyl groups is 17. The van der Waals surface area contributed by atoms with Gasteiger partial charge < -0.3 is 148 Å². The fourth-order valence-electron chi connectivity index (χ4n) is 9.17. The van der Waals surface area contributed by atoms with E-state index in [1.165, 1.54) is 21.1 Å². The first-order valence-corrected chi connectivity index (χ1v) is 22.2. The molecule has 0 radical (unpaired) electrons. The summed E-state index contributed by atoms with van der Waals surface area (Å²) in [5.74, 6) is 0. The summed E-state index contributed by atoms with van der Waals surface area (Å²) < 4.78 is 73.0. The van der Waals surface area contributed by atoms with Crippen molar-refractivity contribution in [3.05, 3.63) is 0 Å². The average molecular weight is 1030 g/mol. The van der Waals surface area contributed by atoms with Crippen molar-refractivity contribution < 1.29 is 148 Å². The quantitative estimate of drug-likeness (QED) is 0.0606. The summed E-state index contributed by atoms with van der Waals surface area (Å²) >= 11 is 0. The van der Waals surface area contributed by atoms with Crippen LogP contribution in [0.1, 0.15) is 14.4 Å². The lowest BCUT2D eigenvalue weighted by atomic mass is 9.94. The minimum absolute atomic E-state index is 0. The molecule has 0 amide bonds. The van der Waals surface area contributed by atoms with Crippen LogP contribution >= 0.6 is 0 Å². The molecule has 0 aromatic heterocycles. The monoisotopic (exact) mass is 1030 g/mol. The topological polar surface area (TPSA) is 464 Å². The summed E-state index contributed by atoms with van der Waals surface area (Å²) in [6.45, 7) is -3.56. The second-order valence-electron chi connectivity index (χ2n) is 17.5. The van der Waals surface area contributed by atoms with E-state index in [1.54, 1.807) is 0 Å². The maximum absolute atomic E-state index is 11.6. The Morgan fingerprint density at radius 2 is 0.557 bits per heavy atom. The number of rotatable bonds is 18. The zero-order chi connectivity index (χ0) is 50.8. The zero-order valence-electron chi connectivity index (χ0n) is 37.5. The van der Waals surface area contributed by atoms with Crippen molar-refractivity contribution >= 4 is 0 Å². The van der Waals surface area contributed by atoms with E-state index in [9.17, 15) is 86.8 Å². The van der Waals surface area contributed by atoms with Crippen LogP contribution in [0.15, 0.2) is 0 Å². The van der Waals surface area contributed by atoms with E-state index >= 15 is 0 Å². The molecule has 0 saturated carbocycles. The zero-order valence-corrected chi connectivity index (χ0v) is 37.5. The van der Waals surface area contributed by atoms with Gasteiger partial charge in [0, 0.05) is 14.2 Å². The highest BCUT2D eigenvalue weighted by Gasteiger charge is 2.57. The van der Waals surface area contributed by atoms with E-state index < -0.39 is 224 Å². The first-order valence-electron chi connectivity index (χ1n) is 22.2. The first-order chi connectivity index (χ1) is 32.8. The highest BCUT2D eigenvalue weighted by Crippen LogP contribution is 2.36. The van der Waals surface area contributed by atoms with Gasteiger partial charge in [-0.05, 0) is 6.92 Å².